The van der Waals surface area contributed by atoms with Crippen LogP contribution in [0.1, 0.15) is 0 Å². The van der Waals surface area contributed by atoms with Crippen LogP contribution in [-0.2, 0) is 0 Å². The van der Waals surface area contributed by atoms with Gasteiger partial charge in [0.25, 0.3) is 0 Å². The number of rotatable bonds is 5. The number of hydrogen-bond acceptors (Lipinski definition) is 2. The summed E-state index contributed by atoms with van der Waals surface area (Å²) in [5.41, 5.74) is -5.20. The molecule has 0 fully saturated rings. The Bertz CT molecular complexity index is 1560. The average Bonchev–Trinajstić information content (AvgIpc) is 2.94. The van der Waals surface area contributed by atoms with E-state index in [0.717, 1.165) is 0 Å². The Labute approximate surface area is 219 Å². The SMILES string of the molecule is Fc1cc(F)c(F)c(Oc2c(F)c(F)c(-c3c(F)c(F)c(Oc4c(F)c(F)cc(F)c4F)c(F)c3F)c(F)c2F)c1F. The van der Waals surface area contributed by atoms with Crippen molar-refractivity contribution in [2.24, 2.45) is 0 Å². The molecular weight excluding hydrogens is 624 g/mol. The van der Waals surface area contributed by atoms with Crippen LogP contribution in [0.15, 0.2) is 12.1 Å². The molecule has 0 amide bonds. The molecule has 0 saturated heterocycles. The van der Waals surface area contributed by atoms with Gasteiger partial charge in [-0.05, 0) is 0 Å². The Balaban J connectivity index is 1.92. The van der Waals surface area contributed by atoms with Gasteiger partial charge in [0, 0.05) is 12.1 Å². The van der Waals surface area contributed by atoms with E-state index in [2.05, 4.69) is 9.47 Å². The third-order valence-corrected chi connectivity index (χ3v) is 5.25. The molecule has 0 N–H and O–H groups in total. The zero-order valence-corrected chi connectivity index (χ0v) is 19.0. The maximum Gasteiger partial charge on any atom is 0.205 e. The Kier molecular flexibility index (Phi) is 7.68. The van der Waals surface area contributed by atoms with E-state index in [0.29, 0.717) is 0 Å². The molecule has 0 aromatic heterocycles. The van der Waals surface area contributed by atoms with Gasteiger partial charge in [0.2, 0.25) is 69.5 Å². The van der Waals surface area contributed by atoms with Crippen LogP contribution in [0, 0.1) is 93.1 Å². The van der Waals surface area contributed by atoms with E-state index in [9.17, 15) is 70.2 Å². The van der Waals surface area contributed by atoms with Crippen molar-refractivity contribution >= 4 is 0 Å². The van der Waals surface area contributed by atoms with Crippen LogP contribution >= 0.6 is 0 Å². The maximum absolute atomic E-state index is 14.7. The topological polar surface area (TPSA) is 18.5 Å². The average molecular weight is 626 g/mol. The summed E-state index contributed by atoms with van der Waals surface area (Å²) in [5, 5.41) is 0. The summed E-state index contributed by atoms with van der Waals surface area (Å²) in [4.78, 5) is 0. The van der Waals surface area contributed by atoms with Crippen LogP contribution in [0.4, 0.5) is 70.2 Å². The van der Waals surface area contributed by atoms with Gasteiger partial charge >= 0.3 is 0 Å². The highest BCUT2D eigenvalue weighted by Crippen LogP contribution is 2.44. The summed E-state index contributed by atoms with van der Waals surface area (Å²) in [6.07, 6.45) is 0. The molecule has 42 heavy (non-hydrogen) atoms. The van der Waals surface area contributed by atoms with Crippen LogP contribution < -0.4 is 9.47 Å². The van der Waals surface area contributed by atoms with Crippen LogP contribution in [-0.4, -0.2) is 0 Å². The molecule has 4 aromatic rings. The standard InChI is InChI=1S/C24H2F16O2/c25-3-1-4(26)10(30)21(9(3)29)41-23-17(37)13(33)7(14(34)18(23)38)8-15(35)19(39)24(20(40)16(8)36)42-22-11(31)5(27)2-6(28)12(22)32/h1-2H. The summed E-state index contributed by atoms with van der Waals surface area (Å²) >= 11 is 0. The van der Waals surface area contributed by atoms with Gasteiger partial charge in [0.1, 0.15) is 0 Å². The number of halogens is 16. The minimum absolute atomic E-state index is 0.399. The lowest BCUT2D eigenvalue weighted by atomic mass is 10.0. The van der Waals surface area contributed by atoms with Crippen molar-refractivity contribution in [1.29, 1.82) is 0 Å². The van der Waals surface area contributed by atoms with E-state index >= 15 is 0 Å². The molecule has 0 aliphatic rings. The van der Waals surface area contributed by atoms with Gasteiger partial charge in [-0.15, -0.1) is 0 Å². The van der Waals surface area contributed by atoms with Crippen molar-refractivity contribution in [2.75, 3.05) is 0 Å². The molecule has 0 heterocycles. The predicted octanol–water partition coefficient (Wildman–Crippen LogP) is 9.16. The first-order chi connectivity index (χ1) is 19.5. The van der Waals surface area contributed by atoms with Gasteiger partial charge < -0.3 is 9.47 Å². The summed E-state index contributed by atoms with van der Waals surface area (Å²) < 4.78 is 234. The summed E-state index contributed by atoms with van der Waals surface area (Å²) in [5.74, 6) is -52.0. The lowest BCUT2D eigenvalue weighted by molar-refractivity contribution is 0.322. The molecule has 0 aliphatic heterocycles. The molecule has 4 rings (SSSR count). The Hall–Kier alpha value is -4.64. The number of ether oxygens (including phenoxy) is 2. The fraction of sp³-hybridized carbons (Fsp3) is 0. The fourth-order valence-electron chi connectivity index (χ4n) is 3.33. The first-order valence-electron chi connectivity index (χ1n) is 10.2. The van der Waals surface area contributed by atoms with Crippen molar-refractivity contribution in [1.82, 2.24) is 0 Å². The molecule has 4 aromatic carbocycles. The second-order valence-electron chi connectivity index (χ2n) is 7.72. The van der Waals surface area contributed by atoms with Crippen LogP contribution in [0.25, 0.3) is 11.1 Å². The number of benzene rings is 4. The van der Waals surface area contributed by atoms with Crippen molar-refractivity contribution in [2.45, 2.75) is 0 Å². The summed E-state index contributed by atoms with van der Waals surface area (Å²) in [6, 6.07) is -0.797. The normalized spacial score (nSPS) is 11.3. The first-order valence-corrected chi connectivity index (χ1v) is 10.2. The fourth-order valence-corrected chi connectivity index (χ4v) is 3.33. The van der Waals surface area contributed by atoms with Crippen LogP contribution in [0.2, 0.25) is 0 Å². The molecule has 0 spiro atoms. The van der Waals surface area contributed by atoms with Gasteiger partial charge in [0.15, 0.2) is 46.5 Å². The highest BCUT2D eigenvalue weighted by Gasteiger charge is 2.37. The predicted molar refractivity (Wildman–Crippen MR) is 104 cm³/mol. The van der Waals surface area contributed by atoms with E-state index in [4.69, 9.17) is 0 Å². The van der Waals surface area contributed by atoms with Crippen molar-refractivity contribution < 1.29 is 79.7 Å². The lowest BCUT2D eigenvalue weighted by Gasteiger charge is -2.17. The molecular formula is C24H2F16O2. The quantitative estimate of drug-likeness (QED) is 0.163. The second kappa shape index (κ2) is 10.6. The molecule has 0 saturated carbocycles. The third-order valence-electron chi connectivity index (χ3n) is 5.25. The van der Waals surface area contributed by atoms with E-state index in [1.807, 2.05) is 0 Å². The van der Waals surface area contributed by atoms with Crippen molar-refractivity contribution in [3.8, 4) is 34.1 Å². The minimum atomic E-state index is -2.98. The Morgan fingerprint density at radius 1 is 0.262 bits per heavy atom. The minimum Gasteiger partial charge on any atom is -0.444 e. The van der Waals surface area contributed by atoms with Gasteiger partial charge in [-0.1, -0.05) is 0 Å². The van der Waals surface area contributed by atoms with Gasteiger partial charge in [0.05, 0.1) is 11.1 Å². The molecule has 0 unspecified atom stereocenters. The van der Waals surface area contributed by atoms with Gasteiger partial charge in [-0.25, -0.2) is 35.1 Å². The summed E-state index contributed by atoms with van der Waals surface area (Å²) in [6.45, 7) is 0. The largest absolute Gasteiger partial charge is 0.444 e. The Morgan fingerprint density at radius 2 is 0.452 bits per heavy atom. The molecule has 2 nitrogen and oxygen atoms in total. The van der Waals surface area contributed by atoms with Crippen LogP contribution in [0.5, 0.6) is 23.0 Å². The molecule has 0 aliphatic carbocycles. The van der Waals surface area contributed by atoms with E-state index in [-0.39, 0.29) is 0 Å². The van der Waals surface area contributed by atoms with Gasteiger partial charge in [-0.2, -0.15) is 35.1 Å². The lowest BCUT2D eigenvalue weighted by Crippen LogP contribution is -2.10. The molecule has 18 heteroatoms. The van der Waals surface area contributed by atoms with E-state index in [1.165, 1.54) is 0 Å². The van der Waals surface area contributed by atoms with E-state index in [1.54, 1.807) is 0 Å². The zero-order chi connectivity index (χ0) is 31.5. The molecule has 0 bridgehead atoms. The zero-order valence-electron chi connectivity index (χ0n) is 19.0. The Morgan fingerprint density at radius 3 is 0.667 bits per heavy atom. The maximum atomic E-state index is 14.7. The molecule has 222 valence electrons. The number of hydrogen-bond donors (Lipinski definition) is 0. The van der Waals surface area contributed by atoms with Crippen molar-refractivity contribution in [3.05, 3.63) is 105 Å². The highest BCUT2D eigenvalue weighted by atomic mass is 19.2. The molecule has 0 radical (unpaired) electrons. The monoisotopic (exact) mass is 626 g/mol. The van der Waals surface area contributed by atoms with E-state index < -0.39 is 139 Å². The first kappa shape index (κ1) is 30.3. The molecule has 0 atom stereocenters. The smallest absolute Gasteiger partial charge is 0.205 e. The van der Waals surface area contributed by atoms with Gasteiger partial charge in [-0.3, -0.25) is 0 Å². The second-order valence-corrected chi connectivity index (χ2v) is 7.72. The third kappa shape index (κ3) is 4.59. The van der Waals surface area contributed by atoms with Crippen LogP contribution in [0.3, 0.4) is 0 Å². The highest BCUT2D eigenvalue weighted by molar-refractivity contribution is 5.69. The van der Waals surface area contributed by atoms with Crippen molar-refractivity contribution in [3.63, 3.8) is 0 Å². The summed E-state index contributed by atoms with van der Waals surface area (Å²) in [7, 11) is 0.